The fourth-order valence-electron chi connectivity index (χ4n) is 1.89. The van der Waals surface area contributed by atoms with Gasteiger partial charge in [-0.2, -0.15) is 0 Å². The molecule has 0 radical (unpaired) electrons. The first kappa shape index (κ1) is 20.4. The number of oxazole rings is 1. The van der Waals surface area contributed by atoms with E-state index in [-0.39, 0.29) is 24.2 Å². The Balaban J connectivity index is 1.77. The molecule has 0 atom stereocenters. The lowest BCUT2D eigenvalue weighted by Gasteiger charge is -2.12. The third-order valence-corrected chi connectivity index (χ3v) is 5.39. The third kappa shape index (κ3) is 6.43. The normalized spacial score (nSPS) is 11.4. The van der Waals surface area contributed by atoms with Crippen molar-refractivity contribution in [1.82, 2.24) is 15.4 Å². The number of hydrogen-bond acceptors (Lipinski definition) is 8. The van der Waals surface area contributed by atoms with Gasteiger partial charge in [0.15, 0.2) is 5.13 Å². The van der Waals surface area contributed by atoms with Crippen LogP contribution in [0.1, 0.15) is 51.7 Å². The van der Waals surface area contributed by atoms with Gasteiger partial charge in [0.25, 0.3) is 0 Å². The summed E-state index contributed by atoms with van der Waals surface area (Å²) >= 11 is 2.91. The molecule has 0 aliphatic heterocycles. The Morgan fingerprint density at radius 1 is 1.23 bits per heavy atom. The van der Waals surface area contributed by atoms with Crippen LogP contribution < -0.4 is 10.8 Å². The second-order valence-electron chi connectivity index (χ2n) is 6.58. The smallest absolute Gasteiger partial charge is 0.243 e. The Hall–Kier alpha value is -1.91. The van der Waals surface area contributed by atoms with E-state index in [9.17, 15) is 9.59 Å². The van der Waals surface area contributed by atoms with Crippen LogP contribution >= 0.6 is 23.1 Å². The highest BCUT2D eigenvalue weighted by Crippen LogP contribution is 2.31. The van der Waals surface area contributed by atoms with Gasteiger partial charge in [-0.1, -0.05) is 32.1 Å². The highest BCUT2D eigenvalue weighted by atomic mass is 32.2. The summed E-state index contributed by atoms with van der Waals surface area (Å²) in [5, 5.41) is 11.6. The molecule has 0 fully saturated rings. The molecule has 2 rings (SSSR count). The fourth-order valence-corrected chi connectivity index (χ4v) is 3.63. The highest BCUT2D eigenvalue weighted by Gasteiger charge is 2.19. The van der Waals surface area contributed by atoms with Crippen molar-refractivity contribution in [3.05, 3.63) is 24.0 Å². The second kappa shape index (κ2) is 9.15. The predicted octanol–water partition coefficient (Wildman–Crippen LogP) is 3.34. The molecule has 0 spiro atoms. The van der Waals surface area contributed by atoms with Gasteiger partial charge < -0.3 is 9.73 Å². The van der Waals surface area contributed by atoms with E-state index < -0.39 is 5.91 Å². The van der Waals surface area contributed by atoms with E-state index in [1.807, 2.05) is 0 Å². The van der Waals surface area contributed by atoms with Crippen molar-refractivity contribution in [2.75, 3.05) is 5.32 Å². The maximum atomic E-state index is 11.8. The minimum absolute atomic E-state index is 0.0737. The molecule has 3 N–H and O–H groups in total. The number of hydrogen-bond donors (Lipinski definition) is 3. The summed E-state index contributed by atoms with van der Waals surface area (Å²) in [6, 6.07) is 0. The van der Waals surface area contributed by atoms with Crippen LogP contribution in [-0.4, -0.2) is 27.0 Å². The first-order valence-corrected chi connectivity index (χ1v) is 9.84. The van der Waals surface area contributed by atoms with Crippen molar-refractivity contribution in [3.8, 4) is 0 Å². The molecule has 0 saturated heterocycles. The van der Waals surface area contributed by atoms with E-state index in [4.69, 9.17) is 9.62 Å². The van der Waals surface area contributed by atoms with Crippen molar-refractivity contribution in [3.63, 3.8) is 0 Å². The molecule has 0 aliphatic carbocycles. The zero-order valence-electron chi connectivity index (χ0n) is 14.9. The Kier molecular flexibility index (Phi) is 7.18. The number of carbonyl (C=O) groups is 2. The van der Waals surface area contributed by atoms with Gasteiger partial charge in [0.05, 0.1) is 22.4 Å². The highest BCUT2D eigenvalue weighted by molar-refractivity contribution is 8.00. The van der Waals surface area contributed by atoms with Gasteiger partial charge in [-0.15, -0.1) is 11.8 Å². The predicted molar refractivity (Wildman–Crippen MR) is 99.3 cm³/mol. The number of hydroxylamine groups is 1. The van der Waals surface area contributed by atoms with E-state index in [0.717, 1.165) is 9.97 Å². The molecule has 0 unspecified atom stereocenters. The van der Waals surface area contributed by atoms with E-state index in [0.29, 0.717) is 23.2 Å². The number of rotatable bonds is 8. The Bertz CT molecular complexity index is 752. The van der Waals surface area contributed by atoms with Crippen molar-refractivity contribution >= 4 is 40.0 Å². The average molecular weight is 399 g/mol. The van der Waals surface area contributed by atoms with Crippen LogP contribution in [0, 0.1) is 0 Å². The van der Waals surface area contributed by atoms with Crippen molar-refractivity contribution < 1.29 is 19.2 Å². The summed E-state index contributed by atoms with van der Waals surface area (Å²) in [7, 11) is 0. The molecule has 2 aromatic rings. The van der Waals surface area contributed by atoms with Gasteiger partial charge in [0.2, 0.25) is 17.7 Å². The van der Waals surface area contributed by atoms with Crippen LogP contribution in [0.25, 0.3) is 0 Å². The summed E-state index contributed by atoms with van der Waals surface area (Å²) in [5.74, 6) is 1.36. The lowest BCUT2D eigenvalue weighted by Crippen LogP contribution is -2.19. The third-order valence-electron chi connectivity index (χ3n) is 3.29. The molecule has 2 heterocycles. The summed E-state index contributed by atoms with van der Waals surface area (Å²) < 4.78 is 6.69. The van der Waals surface area contributed by atoms with Crippen LogP contribution in [0.4, 0.5) is 5.13 Å². The number of amides is 2. The lowest BCUT2D eigenvalue weighted by atomic mass is 9.94. The monoisotopic (exact) mass is 398 g/mol. The SMILES string of the molecule is CC(C)(C)c1cnc(CSc2cnc(NC(=O)CCCC(=O)NO)s2)o1. The molecule has 0 aliphatic rings. The number of carbonyl (C=O) groups excluding carboxylic acids is 2. The van der Waals surface area contributed by atoms with Crippen molar-refractivity contribution in [2.45, 2.75) is 55.4 Å². The number of thiazole rings is 1. The van der Waals surface area contributed by atoms with E-state index in [1.165, 1.54) is 28.6 Å². The summed E-state index contributed by atoms with van der Waals surface area (Å²) in [6.45, 7) is 6.20. The van der Waals surface area contributed by atoms with Crippen molar-refractivity contribution in [2.24, 2.45) is 0 Å². The second-order valence-corrected chi connectivity index (χ2v) is 8.88. The number of aromatic nitrogens is 2. The minimum Gasteiger partial charge on any atom is -0.444 e. The van der Waals surface area contributed by atoms with Gasteiger partial charge in [-0.25, -0.2) is 15.4 Å². The van der Waals surface area contributed by atoms with Crippen LogP contribution in [-0.2, 0) is 20.8 Å². The number of thioether (sulfide) groups is 1. The molecular formula is C16H22N4O4S2. The molecule has 10 heteroatoms. The van der Waals surface area contributed by atoms with E-state index in [1.54, 1.807) is 12.4 Å². The topological polar surface area (TPSA) is 117 Å². The summed E-state index contributed by atoms with van der Waals surface area (Å²) in [5.41, 5.74) is 1.46. The van der Waals surface area contributed by atoms with Gasteiger partial charge in [-0.05, 0) is 6.42 Å². The molecule has 26 heavy (non-hydrogen) atoms. The zero-order valence-corrected chi connectivity index (χ0v) is 16.5. The number of nitrogens with zero attached hydrogens (tertiary/aromatic N) is 2. The number of nitrogens with one attached hydrogen (secondary N) is 2. The summed E-state index contributed by atoms with van der Waals surface area (Å²) in [4.78, 5) is 31.1. The van der Waals surface area contributed by atoms with Gasteiger partial charge >= 0.3 is 0 Å². The average Bonchev–Trinajstić information content (AvgIpc) is 3.21. The quantitative estimate of drug-likeness (QED) is 0.355. The van der Waals surface area contributed by atoms with Crippen molar-refractivity contribution in [1.29, 1.82) is 0 Å². The molecule has 2 aromatic heterocycles. The van der Waals surface area contributed by atoms with Crippen LogP contribution in [0.2, 0.25) is 0 Å². The molecule has 0 saturated carbocycles. The van der Waals surface area contributed by atoms with Gasteiger partial charge in [-0.3, -0.25) is 14.8 Å². The Labute approximate surface area is 159 Å². The fraction of sp³-hybridized carbons (Fsp3) is 0.500. The van der Waals surface area contributed by atoms with Crippen LogP contribution in [0.15, 0.2) is 21.0 Å². The molecular weight excluding hydrogens is 376 g/mol. The standard InChI is InChI=1S/C16H22N4O4S2/c1-16(2,3)10-7-17-13(24-10)9-25-14-8-18-15(26-14)19-11(21)5-4-6-12(22)20-23/h7-8,23H,4-6,9H2,1-3H3,(H,20,22)(H,18,19,21). The maximum absolute atomic E-state index is 11.8. The molecule has 2 amide bonds. The largest absolute Gasteiger partial charge is 0.444 e. The molecule has 142 valence electrons. The first-order chi connectivity index (χ1) is 12.3. The first-order valence-electron chi connectivity index (χ1n) is 8.04. The van der Waals surface area contributed by atoms with Crippen LogP contribution in [0.3, 0.4) is 0 Å². The Morgan fingerprint density at radius 2 is 1.96 bits per heavy atom. The summed E-state index contributed by atoms with van der Waals surface area (Å²) in [6.07, 6.45) is 4.07. The zero-order chi connectivity index (χ0) is 19.2. The van der Waals surface area contributed by atoms with E-state index in [2.05, 4.69) is 36.1 Å². The lowest BCUT2D eigenvalue weighted by molar-refractivity contribution is -0.129. The maximum Gasteiger partial charge on any atom is 0.243 e. The van der Waals surface area contributed by atoms with Gasteiger partial charge in [0, 0.05) is 18.3 Å². The van der Waals surface area contributed by atoms with Crippen LogP contribution in [0.5, 0.6) is 0 Å². The molecule has 0 bridgehead atoms. The molecule has 8 nitrogen and oxygen atoms in total. The van der Waals surface area contributed by atoms with E-state index >= 15 is 0 Å². The Morgan fingerprint density at radius 3 is 2.62 bits per heavy atom. The number of anilines is 1. The van der Waals surface area contributed by atoms with Gasteiger partial charge in [0.1, 0.15) is 5.76 Å². The minimum atomic E-state index is -0.508. The molecule has 0 aromatic carbocycles.